The van der Waals surface area contributed by atoms with E-state index in [0.29, 0.717) is 5.91 Å². The second kappa shape index (κ2) is 5.57. The van der Waals surface area contributed by atoms with Crippen LogP contribution in [0.25, 0.3) is 0 Å². The summed E-state index contributed by atoms with van der Waals surface area (Å²) in [6.45, 7) is 14.4. The first kappa shape index (κ1) is 13.8. The van der Waals surface area contributed by atoms with Gasteiger partial charge in [0.05, 0.1) is 0 Å². The van der Waals surface area contributed by atoms with E-state index >= 15 is 0 Å². The third-order valence-corrected chi connectivity index (χ3v) is 4.18. The summed E-state index contributed by atoms with van der Waals surface area (Å²) in [4.78, 5) is 18.6. The standard InChI is InChI=1S/C14H27N3O/c1-14(2,3)17-11-8-15(9-12-17)7-10-16-6-4-5-13(16)18/h4-12H2,1-3H3. The lowest BCUT2D eigenvalue weighted by atomic mass is 10.1. The van der Waals surface area contributed by atoms with Gasteiger partial charge in [0.15, 0.2) is 0 Å². The van der Waals surface area contributed by atoms with Gasteiger partial charge < -0.3 is 4.90 Å². The van der Waals surface area contributed by atoms with Gasteiger partial charge in [0.25, 0.3) is 0 Å². The Morgan fingerprint density at radius 3 is 2.17 bits per heavy atom. The molecular formula is C14H27N3O. The second-order valence-corrected chi connectivity index (χ2v) is 6.48. The smallest absolute Gasteiger partial charge is 0.222 e. The summed E-state index contributed by atoms with van der Waals surface area (Å²) in [5.41, 5.74) is 0.289. The van der Waals surface area contributed by atoms with Crippen molar-refractivity contribution in [2.24, 2.45) is 0 Å². The monoisotopic (exact) mass is 253 g/mol. The average Bonchev–Trinajstić information content (AvgIpc) is 2.72. The second-order valence-electron chi connectivity index (χ2n) is 6.48. The van der Waals surface area contributed by atoms with Crippen molar-refractivity contribution >= 4 is 5.91 Å². The molecule has 104 valence electrons. The maximum absolute atomic E-state index is 11.5. The fourth-order valence-electron chi connectivity index (χ4n) is 2.84. The van der Waals surface area contributed by atoms with E-state index in [1.165, 1.54) is 0 Å². The van der Waals surface area contributed by atoms with Crippen LogP contribution in [0.1, 0.15) is 33.6 Å². The molecule has 0 atom stereocenters. The van der Waals surface area contributed by atoms with Crippen molar-refractivity contribution in [2.75, 3.05) is 45.8 Å². The summed E-state index contributed by atoms with van der Waals surface area (Å²) in [7, 11) is 0. The van der Waals surface area contributed by atoms with Gasteiger partial charge in [0.2, 0.25) is 5.91 Å². The van der Waals surface area contributed by atoms with Crippen LogP contribution in [0.15, 0.2) is 0 Å². The highest BCUT2D eigenvalue weighted by Gasteiger charge is 2.26. The van der Waals surface area contributed by atoms with Crippen LogP contribution in [0.4, 0.5) is 0 Å². The molecule has 0 aromatic heterocycles. The zero-order valence-electron chi connectivity index (χ0n) is 12.1. The molecule has 18 heavy (non-hydrogen) atoms. The van der Waals surface area contributed by atoms with E-state index in [9.17, 15) is 4.79 Å². The predicted molar refractivity (Wildman–Crippen MR) is 73.6 cm³/mol. The fraction of sp³-hybridized carbons (Fsp3) is 0.929. The van der Waals surface area contributed by atoms with E-state index in [0.717, 1.165) is 58.7 Å². The Labute approximate surface area is 111 Å². The number of carbonyl (C=O) groups excluding carboxylic acids is 1. The molecule has 0 aromatic carbocycles. The van der Waals surface area contributed by atoms with Crippen LogP contribution in [-0.4, -0.2) is 72.0 Å². The summed E-state index contributed by atoms with van der Waals surface area (Å²) < 4.78 is 0. The third kappa shape index (κ3) is 3.45. The molecule has 4 heteroatoms. The van der Waals surface area contributed by atoms with Crippen LogP contribution in [0.2, 0.25) is 0 Å². The summed E-state index contributed by atoms with van der Waals surface area (Å²) in [5, 5.41) is 0. The molecule has 1 amide bonds. The minimum Gasteiger partial charge on any atom is -0.341 e. The van der Waals surface area contributed by atoms with Crippen molar-refractivity contribution in [1.29, 1.82) is 0 Å². The lowest BCUT2D eigenvalue weighted by Gasteiger charge is -2.42. The number of hydrogen-bond donors (Lipinski definition) is 0. The Kier molecular flexibility index (Phi) is 4.28. The molecule has 2 heterocycles. The van der Waals surface area contributed by atoms with Gasteiger partial charge >= 0.3 is 0 Å². The first-order chi connectivity index (χ1) is 8.47. The zero-order valence-corrected chi connectivity index (χ0v) is 12.1. The quantitative estimate of drug-likeness (QED) is 0.751. The molecule has 2 aliphatic heterocycles. The van der Waals surface area contributed by atoms with Crippen LogP contribution < -0.4 is 0 Å². The SMILES string of the molecule is CC(C)(C)N1CCN(CCN2CCCC2=O)CC1. The van der Waals surface area contributed by atoms with Gasteiger partial charge in [0, 0.05) is 57.8 Å². The summed E-state index contributed by atoms with van der Waals surface area (Å²) in [5.74, 6) is 0.350. The topological polar surface area (TPSA) is 26.8 Å². The lowest BCUT2D eigenvalue weighted by molar-refractivity contribution is -0.127. The highest BCUT2D eigenvalue weighted by Crippen LogP contribution is 2.16. The van der Waals surface area contributed by atoms with Crippen molar-refractivity contribution in [2.45, 2.75) is 39.2 Å². The Balaban J connectivity index is 1.69. The normalized spacial score (nSPS) is 23.9. The van der Waals surface area contributed by atoms with Crippen molar-refractivity contribution in [1.82, 2.24) is 14.7 Å². The van der Waals surface area contributed by atoms with E-state index in [1.807, 2.05) is 4.90 Å². The molecule has 0 aliphatic carbocycles. The van der Waals surface area contributed by atoms with E-state index < -0.39 is 0 Å². The van der Waals surface area contributed by atoms with Gasteiger partial charge in [-0.2, -0.15) is 0 Å². The Morgan fingerprint density at radius 1 is 1.00 bits per heavy atom. The highest BCUT2D eigenvalue weighted by atomic mass is 16.2. The fourth-order valence-corrected chi connectivity index (χ4v) is 2.84. The third-order valence-electron chi connectivity index (χ3n) is 4.18. The van der Waals surface area contributed by atoms with E-state index in [2.05, 4.69) is 30.6 Å². The van der Waals surface area contributed by atoms with Crippen LogP contribution in [0.5, 0.6) is 0 Å². The number of nitrogens with zero attached hydrogens (tertiary/aromatic N) is 3. The Hall–Kier alpha value is -0.610. The number of likely N-dealkylation sites (tertiary alicyclic amines) is 1. The summed E-state index contributed by atoms with van der Waals surface area (Å²) in [6.07, 6.45) is 1.81. The first-order valence-corrected chi connectivity index (χ1v) is 7.22. The number of hydrogen-bond acceptors (Lipinski definition) is 3. The van der Waals surface area contributed by atoms with Crippen LogP contribution in [0, 0.1) is 0 Å². The molecule has 0 aromatic rings. The van der Waals surface area contributed by atoms with Gasteiger partial charge in [-0.25, -0.2) is 0 Å². The molecule has 0 spiro atoms. The van der Waals surface area contributed by atoms with Gasteiger partial charge in [-0.1, -0.05) is 0 Å². The van der Waals surface area contributed by atoms with E-state index in [-0.39, 0.29) is 5.54 Å². The summed E-state index contributed by atoms with van der Waals surface area (Å²) in [6, 6.07) is 0. The largest absolute Gasteiger partial charge is 0.341 e. The van der Waals surface area contributed by atoms with Gasteiger partial charge in [-0.15, -0.1) is 0 Å². The van der Waals surface area contributed by atoms with E-state index in [1.54, 1.807) is 0 Å². The van der Waals surface area contributed by atoms with Crippen molar-refractivity contribution in [3.8, 4) is 0 Å². The molecule has 0 radical (unpaired) electrons. The first-order valence-electron chi connectivity index (χ1n) is 7.22. The highest BCUT2D eigenvalue weighted by molar-refractivity contribution is 5.78. The molecule has 0 unspecified atom stereocenters. The molecular weight excluding hydrogens is 226 g/mol. The molecule has 2 fully saturated rings. The molecule has 0 N–H and O–H groups in total. The average molecular weight is 253 g/mol. The van der Waals surface area contributed by atoms with Crippen LogP contribution in [0.3, 0.4) is 0 Å². The maximum Gasteiger partial charge on any atom is 0.222 e. The number of carbonyl (C=O) groups is 1. The molecule has 4 nitrogen and oxygen atoms in total. The Morgan fingerprint density at radius 2 is 1.67 bits per heavy atom. The van der Waals surface area contributed by atoms with Crippen molar-refractivity contribution in [3.05, 3.63) is 0 Å². The molecule has 2 aliphatic rings. The van der Waals surface area contributed by atoms with Gasteiger partial charge in [-0.3, -0.25) is 14.6 Å². The maximum atomic E-state index is 11.5. The Bertz CT molecular complexity index is 290. The molecule has 2 rings (SSSR count). The molecule has 2 saturated heterocycles. The lowest BCUT2D eigenvalue weighted by Crippen LogP contribution is -2.54. The van der Waals surface area contributed by atoms with E-state index in [4.69, 9.17) is 0 Å². The van der Waals surface area contributed by atoms with Crippen LogP contribution in [-0.2, 0) is 4.79 Å². The zero-order chi connectivity index (χ0) is 13.2. The molecule has 0 saturated carbocycles. The summed E-state index contributed by atoms with van der Waals surface area (Å²) >= 11 is 0. The number of piperazine rings is 1. The minimum atomic E-state index is 0.289. The predicted octanol–water partition coefficient (Wildman–Crippen LogP) is 1.02. The number of rotatable bonds is 3. The van der Waals surface area contributed by atoms with Gasteiger partial charge in [0.1, 0.15) is 0 Å². The molecule has 0 bridgehead atoms. The van der Waals surface area contributed by atoms with Crippen molar-refractivity contribution < 1.29 is 4.79 Å². The van der Waals surface area contributed by atoms with Crippen LogP contribution >= 0.6 is 0 Å². The number of amides is 1. The van der Waals surface area contributed by atoms with Gasteiger partial charge in [-0.05, 0) is 27.2 Å². The minimum absolute atomic E-state index is 0.289. The van der Waals surface area contributed by atoms with Crippen molar-refractivity contribution in [3.63, 3.8) is 0 Å².